The Hall–Kier alpha value is -1.05. The molecule has 0 spiro atoms. The summed E-state index contributed by atoms with van der Waals surface area (Å²) in [5, 5.41) is 0. The summed E-state index contributed by atoms with van der Waals surface area (Å²) < 4.78 is 5.20. The highest BCUT2D eigenvalue weighted by Gasteiger charge is 2.56. The molecule has 5 atom stereocenters. The molecular formula is C23H34O2. The zero-order valence-electron chi connectivity index (χ0n) is 16.3. The van der Waals surface area contributed by atoms with Crippen molar-refractivity contribution in [2.24, 2.45) is 28.6 Å². The molecule has 0 saturated heterocycles. The lowest BCUT2D eigenvalue weighted by Crippen LogP contribution is -2.49. The summed E-state index contributed by atoms with van der Waals surface area (Å²) >= 11 is 0. The smallest absolute Gasteiger partial charge is 0.302 e. The first-order chi connectivity index (χ1) is 11.9. The lowest BCUT2D eigenvalue weighted by atomic mass is 9.47. The average molecular weight is 343 g/mol. The molecule has 4 aliphatic carbocycles. The van der Waals surface area contributed by atoms with E-state index in [1.54, 1.807) is 11.1 Å². The van der Waals surface area contributed by atoms with E-state index >= 15 is 0 Å². The minimum Gasteiger partial charge on any atom is -0.462 e. The fourth-order valence-electron chi connectivity index (χ4n) is 7.20. The van der Waals surface area contributed by atoms with Crippen LogP contribution in [0.5, 0.6) is 0 Å². The summed E-state index contributed by atoms with van der Waals surface area (Å²) in [5.41, 5.74) is 4.22. The molecular weight excluding hydrogens is 308 g/mol. The van der Waals surface area contributed by atoms with E-state index in [4.69, 9.17) is 4.74 Å². The Bertz CT molecular complexity index is 616. The maximum atomic E-state index is 11.1. The Kier molecular flexibility index (Phi) is 4.37. The van der Waals surface area contributed by atoms with Gasteiger partial charge in [-0.05, 0) is 92.4 Å². The SMILES string of the molecule is CC(=O)OCC=C1CC[C@H]2[C@@H]3CCC4=CCCC[C@]4(C)[C@H]3CC[C@]12C. The molecule has 25 heavy (non-hydrogen) atoms. The van der Waals surface area contributed by atoms with E-state index in [-0.39, 0.29) is 5.97 Å². The van der Waals surface area contributed by atoms with Crippen molar-refractivity contribution in [1.82, 2.24) is 0 Å². The van der Waals surface area contributed by atoms with E-state index in [1.165, 1.54) is 64.7 Å². The van der Waals surface area contributed by atoms with Gasteiger partial charge < -0.3 is 4.74 Å². The van der Waals surface area contributed by atoms with Crippen molar-refractivity contribution in [3.63, 3.8) is 0 Å². The van der Waals surface area contributed by atoms with E-state index in [9.17, 15) is 4.79 Å². The van der Waals surface area contributed by atoms with Gasteiger partial charge in [-0.1, -0.05) is 31.1 Å². The summed E-state index contributed by atoms with van der Waals surface area (Å²) in [6.07, 6.45) is 17.0. The molecule has 0 aromatic carbocycles. The molecule has 4 aliphatic rings. The van der Waals surface area contributed by atoms with E-state index in [0.717, 1.165) is 17.8 Å². The maximum absolute atomic E-state index is 11.1. The van der Waals surface area contributed by atoms with Gasteiger partial charge in [0.15, 0.2) is 0 Å². The molecule has 138 valence electrons. The quantitative estimate of drug-likeness (QED) is 0.466. The number of esters is 1. The third-order valence-electron chi connectivity index (χ3n) is 8.49. The highest BCUT2D eigenvalue weighted by molar-refractivity contribution is 5.66. The lowest BCUT2D eigenvalue weighted by molar-refractivity contribution is -0.139. The van der Waals surface area contributed by atoms with Gasteiger partial charge in [0, 0.05) is 6.92 Å². The first-order valence-corrected chi connectivity index (χ1v) is 10.5. The number of hydrogen-bond donors (Lipinski definition) is 0. The summed E-state index contributed by atoms with van der Waals surface area (Å²) in [7, 11) is 0. The number of ether oxygens (including phenoxy) is 1. The van der Waals surface area contributed by atoms with Gasteiger partial charge in [-0.15, -0.1) is 0 Å². The molecule has 0 aromatic rings. The van der Waals surface area contributed by atoms with Crippen molar-refractivity contribution in [3.05, 3.63) is 23.3 Å². The molecule has 3 saturated carbocycles. The molecule has 0 aliphatic heterocycles. The fourth-order valence-corrected chi connectivity index (χ4v) is 7.20. The van der Waals surface area contributed by atoms with Gasteiger partial charge in [0.2, 0.25) is 0 Å². The van der Waals surface area contributed by atoms with Gasteiger partial charge in [-0.25, -0.2) is 0 Å². The number of allylic oxidation sites excluding steroid dienone is 3. The Morgan fingerprint density at radius 3 is 2.76 bits per heavy atom. The first-order valence-electron chi connectivity index (χ1n) is 10.5. The van der Waals surface area contributed by atoms with Gasteiger partial charge >= 0.3 is 5.97 Å². The molecule has 4 rings (SSSR count). The molecule has 0 unspecified atom stereocenters. The average Bonchev–Trinajstić information content (AvgIpc) is 2.91. The van der Waals surface area contributed by atoms with Crippen LogP contribution in [0, 0.1) is 28.6 Å². The van der Waals surface area contributed by atoms with E-state index < -0.39 is 0 Å². The predicted octanol–water partition coefficient (Wildman–Crippen LogP) is 5.83. The molecule has 0 N–H and O–H groups in total. The van der Waals surface area contributed by atoms with Gasteiger partial charge in [0.05, 0.1) is 0 Å². The molecule has 0 heterocycles. The second-order valence-electron chi connectivity index (χ2n) is 9.48. The molecule has 0 amide bonds. The van der Waals surface area contributed by atoms with Crippen molar-refractivity contribution in [1.29, 1.82) is 0 Å². The monoisotopic (exact) mass is 342 g/mol. The molecule has 0 radical (unpaired) electrons. The fraction of sp³-hybridized carbons (Fsp3) is 0.783. The topological polar surface area (TPSA) is 26.3 Å². The van der Waals surface area contributed by atoms with Crippen LogP contribution in [-0.4, -0.2) is 12.6 Å². The second-order valence-corrected chi connectivity index (χ2v) is 9.48. The number of fused-ring (bicyclic) bond motifs is 5. The molecule has 3 fully saturated rings. The van der Waals surface area contributed by atoms with E-state index in [0.29, 0.717) is 17.4 Å². The number of carbonyl (C=O) groups is 1. The van der Waals surface area contributed by atoms with E-state index in [1.807, 2.05) is 0 Å². The zero-order chi connectivity index (χ0) is 17.7. The van der Waals surface area contributed by atoms with Crippen LogP contribution in [0.1, 0.15) is 78.6 Å². The zero-order valence-corrected chi connectivity index (χ0v) is 16.3. The Balaban J connectivity index is 1.56. The third kappa shape index (κ3) is 2.71. The van der Waals surface area contributed by atoms with E-state index in [2.05, 4.69) is 26.0 Å². The van der Waals surface area contributed by atoms with Crippen LogP contribution in [0.2, 0.25) is 0 Å². The minimum atomic E-state index is -0.169. The summed E-state index contributed by atoms with van der Waals surface area (Å²) in [6, 6.07) is 0. The molecule has 2 heteroatoms. The van der Waals surface area contributed by atoms with Gasteiger partial charge in [-0.3, -0.25) is 4.79 Å². The van der Waals surface area contributed by atoms with Crippen molar-refractivity contribution in [2.75, 3.05) is 6.61 Å². The Labute approximate surface area is 153 Å². The van der Waals surface area contributed by atoms with Crippen molar-refractivity contribution in [2.45, 2.75) is 78.6 Å². The number of rotatable bonds is 2. The standard InChI is InChI=1S/C23H34O2/c1-16(24)25-15-12-18-8-10-20-19-9-7-17-6-4-5-13-22(17,2)21(19)11-14-23(18,20)3/h6,12,19-21H,4-5,7-11,13-15H2,1-3H3/t19-,20-,21-,22-,23+/m0/s1. The van der Waals surface area contributed by atoms with Gasteiger partial charge in [0.25, 0.3) is 0 Å². The van der Waals surface area contributed by atoms with Crippen LogP contribution in [0.4, 0.5) is 0 Å². The van der Waals surface area contributed by atoms with Gasteiger partial charge in [0.1, 0.15) is 6.61 Å². The number of carbonyl (C=O) groups excluding carboxylic acids is 1. The third-order valence-corrected chi connectivity index (χ3v) is 8.49. The molecule has 0 aromatic heterocycles. The van der Waals surface area contributed by atoms with Crippen LogP contribution in [-0.2, 0) is 9.53 Å². The Morgan fingerprint density at radius 2 is 1.96 bits per heavy atom. The largest absolute Gasteiger partial charge is 0.462 e. The summed E-state index contributed by atoms with van der Waals surface area (Å²) in [6.45, 7) is 7.06. The highest BCUT2D eigenvalue weighted by Crippen LogP contribution is 2.66. The van der Waals surface area contributed by atoms with Crippen LogP contribution in [0.25, 0.3) is 0 Å². The summed E-state index contributed by atoms with van der Waals surface area (Å²) in [4.78, 5) is 11.1. The lowest BCUT2D eigenvalue weighted by Gasteiger charge is -2.57. The van der Waals surface area contributed by atoms with Crippen LogP contribution in [0.15, 0.2) is 23.3 Å². The van der Waals surface area contributed by atoms with Crippen molar-refractivity contribution in [3.8, 4) is 0 Å². The summed E-state index contributed by atoms with van der Waals surface area (Å²) in [5.74, 6) is 2.48. The highest BCUT2D eigenvalue weighted by atomic mass is 16.5. The minimum absolute atomic E-state index is 0.169. The first kappa shape index (κ1) is 17.4. The van der Waals surface area contributed by atoms with Crippen LogP contribution < -0.4 is 0 Å². The van der Waals surface area contributed by atoms with Gasteiger partial charge in [-0.2, -0.15) is 0 Å². The molecule has 2 nitrogen and oxygen atoms in total. The van der Waals surface area contributed by atoms with Crippen molar-refractivity contribution < 1.29 is 9.53 Å². The number of hydrogen-bond acceptors (Lipinski definition) is 2. The van der Waals surface area contributed by atoms with Crippen LogP contribution >= 0.6 is 0 Å². The maximum Gasteiger partial charge on any atom is 0.302 e. The Morgan fingerprint density at radius 1 is 1.16 bits per heavy atom. The second kappa shape index (κ2) is 6.28. The molecule has 0 bridgehead atoms. The van der Waals surface area contributed by atoms with Crippen LogP contribution in [0.3, 0.4) is 0 Å². The predicted molar refractivity (Wildman–Crippen MR) is 101 cm³/mol. The normalized spacial score (nSPS) is 44.5. The van der Waals surface area contributed by atoms with Crippen molar-refractivity contribution >= 4 is 5.97 Å².